The lowest BCUT2D eigenvalue weighted by molar-refractivity contribution is 0.134. The summed E-state index contributed by atoms with van der Waals surface area (Å²) in [4.78, 5) is 20.5. The van der Waals surface area contributed by atoms with Crippen LogP contribution in [0.5, 0.6) is 0 Å². The number of aromatic nitrogens is 2. The first-order chi connectivity index (χ1) is 11.1. The smallest absolute Gasteiger partial charge is 0.322 e. The lowest BCUT2D eigenvalue weighted by Gasteiger charge is -2.34. The van der Waals surface area contributed by atoms with Crippen LogP contribution in [0.2, 0.25) is 0 Å². The number of carbonyl (C=O) groups excluding carboxylic acids is 1. The van der Waals surface area contributed by atoms with Crippen molar-refractivity contribution in [3.8, 4) is 0 Å². The zero-order valence-electron chi connectivity index (χ0n) is 12.8. The fraction of sp³-hybridized carbons (Fsp3) is 0.400. The van der Waals surface area contributed by atoms with Gasteiger partial charge < -0.3 is 14.7 Å². The van der Waals surface area contributed by atoms with E-state index in [0.717, 1.165) is 31.1 Å². The van der Waals surface area contributed by atoms with Crippen molar-refractivity contribution >= 4 is 27.6 Å². The number of halogens is 1. The number of pyridine rings is 1. The number of piperazine rings is 1. The SMILES string of the molecule is Cc1cc(CN2CCN(C(=O)Nc3cccnc3Br)CC2)on1. The topological polar surface area (TPSA) is 74.5 Å². The summed E-state index contributed by atoms with van der Waals surface area (Å²) in [5.74, 6) is 0.861. The van der Waals surface area contributed by atoms with Crippen LogP contribution < -0.4 is 5.32 Å². The molecule has 0 radical (unpaired) electrons. The lowest BCUT2D eigenvalue weighted by atomic mass is 10.3. The number of urea groups is 1. The normalized spacial score (nSPS) is 15.7. The molecular weight excluding hydrogens is 362 g/mol. The minimum absolute atomic E-state index is 0.103. The minimum atomic E-state index is -0.103. The second-order valence-corrected chi connectivity index (χ2v) is 6.22. The first-order valence-electron chi connectivity index (χ1n) is 7.43. The Hall–Kier alpha value is -1.93. The van der Waals surface area contributed by atoms with E-state index in [1.54, 1.807) is 12.3 Å². The molecule has 0 atom stereocenters. The molecule has 1 fully saturated rings. The van der Waals surface area contributed by atoms with E-state index in [1.807, 2.05) is 24.0 Å². The second kappa shape index (κ2) is 7.10. The van der Waals surface area contributed by atoms with E-state index in [2.05, 4.69) is 36.3 Å². The van der Waals surface area contributed by atoms with Crippen molar-refractivity contribution in [3.63, 3.8) is 0 Å². The molecule has 2 amide bonds. The maximum absolute atomic E-state index is 12.3. The first kappa shape index (κ1) is 15.9. The fourth-order valence-corrected chi connectivity index (χ4v) is 2.84. The zero-order chi connectivity index (χ0) is 16.2. The van der Waals surface area contributed by atoms with Gasteiger partial charge in [0.2, 0.25) is 0 Å². The summed E-state index contributed by atoms with van der Waals surface area (Å²) in [5.41, 5.74) is 1.57. The molecule has 0 aromatic carbocycles. The van der Waals surface area contributed by atoms with Crippen molar-refractivity contribution in [3.05, 3.63) is 40.5 Å². The van der Waals surface area contributed by atoms with Crippen molar-refractivity contribution in [1.82, 2.24) is 19.9 Å². The van der Waals surface area contributed by atoms with Crippen LogP contribution in [-0.2, 0) is 6.54 Å². The monoisotopic (exact) mass is 379 g/mol. The maximum atomic E-state index is 12.3. The third-order valence-electron chi connectivity index (χ3n) is 3.72. The molecule has 2 aromatic heterocycles. The van der Waals surface area contributed by atoms with Crippen LogP contribution in [0.25, 0.3) is 0 Å². The number of nitrogens with one attached hydrogen (secondary N) is 1. The van der Waals surface area contributed by atoms with E-state index in [9.17, 15) is 4.79 Å². The van der Waals surface area contributed by atoms with Crippen LogP contribution in [0.3, 0.4) is 0 Å². The molecule has 122 valence electrons. The van der Waals surface area contributed by atoms with Gasteiger partial charge >= 0.3 is 6.03 Å². The Kier molecular flexibility index (Phi) is 4.92. The van der Waals surface area contributed by atoms with E-state index in [4.69, 9.17) is 4.52 Å². The van der Waals surface area contributed by atoms with Crippen molar-refractivity contribution < 1.29 is 9.32 Å². The van der Waals surface area contributed by atoms with Crippen molar-refractivity contribution in [1.29, 1.82) is 0 Å². The number of aryl methyl sites for hydroxylation is 1. The summed E-state index contributed by atoms with van der Waals surface area (Å²) in [6.45, 7) is 5.60. The van der Waals surface area contributed by atoms with Crippen LogP contribution in [0.1, 0.15) is 11.5 Å². The number of hydrogen-bond donors (Lipinski definition) is 1. The highest BCUT2D eigenvalue weighted by Crippen LogP contribution is 2.19. The highest BCUT2D eigenvalue weighted by atomic mass is 79.9. The van der Waals surface area contributed by atoms with E-state index in [-0.39, 0.29) is 6.03 Å². The number of rotatable bonds is 3. The van der Waals surface area contributed by atoms with Crippen LogP contribution in [0.15, 0.2) is 33.5 Å². The molecule has 0 aliphatic carbocycles. The highest BCUT2D eigenvalue weighted by Gasteiger charge is 2.22. The summed E-state index contributed by atoms with van der Waals surface area (Å²) in [6.07, 6.45) is 1.67. The second-order valence-electron chi connectivity index (χ2n) is 5.47. The van der Waals surface area contributed by atoms with Gasteiger partial charge in [-0.25, -0.2) is 9.78 Å². The molecule has 0 unspecified atom stereocenters. The van der Waals surface area contributed by atoms with Gasteiger partial charge in [-0.1, -0.05) is 5.16 Å². The summed E-state index contributed by atoms with van der Waals surface area (Å²) in [7, 11) is 0. The predicted octanol–water partition coefficient (Wildman–Crippen LogP) is 2.49. The molecule has 0 saturated carbocycles. The van der Waals surface area contributed by atoms with E-state index >= 15 is 0 Å². The van der Waals surface area contributed by atoms with Crippen molar-refractivity contribution in [2.75, 3.05) is 31.5 Å². The van der Waals surface area contributed by atoms with Crippen molar-refractivity contribution in [2.24, 2.45) is 0 Å². The number of nitrogens with zero attached hydrogens (tertiary/aromatic N) is 4. The third kappa shape index (κ3) is 4.08. The molecule has 23 heavy (non-hydrogen) atoms. The molecule has 3 heterocycles. The lowest BCUT2D eigenvalue weighted by Crippen LogP contribution is -2.49. The maximum Gasteiger partial charge on any atom is 0.322 e. The van der Waals surface area contributed by atoms with Crippen LogP contribution in [0.4, 0.5) is 10.5 Å². The van der Waals surface area contributed by atoms with Crippen molar-refractivity contribution in [2.45, 2.75) is 13.5 Å². The molecule has 8 heteroatoms. The Labute approximate surface area is 142 Å². The largest absolute Gasteiger partial charge is 0.360 e. The third-order valence-corrected chi connectivity index (χ3v) is 4.35. The van der Waals surface area contributed by atoms with Gasteiger partial charge in [-0.2, -0.15) is 0 Å². The molecule has 1 N–H and O–H groups in total. The molecule has 7 nitrogen and oxygen atoms in total. The van der Waals surface area contributed by atoms with Crippen LogP contribution >= 0.6 is 15.9 Å². The van der Waals surface area contributed by atoms with Crippen LogP contribution in [0, 0.1) is 6.92 Å². The number of amides is 2. The quantitative estimate of drug-likeness (QED) is 0.829. The van der Waals surface area contributed by atoms with Gasteiger partial charge in [-0.15, -0.1) is 0 Å². The van der Waals surface area contributed by atoms with Gasteiger partial charge in [-0.3, -0.25) is 4.90 Å². The standard InChI is InChI=1S/C15H18BrN5O2/c1-11-9-12(23-19-11)10-20-5-7-21(8-6-20)15(22)18-13-3-2-4-17-14(13)16/h2-4,9H,5-8,10H2,1H3,(H,18,22). The summed E-state index contributed by atoms with van der Waals surface area (Å²) >= 11 is 3.33. The van der Waals surface area contributed by atoms with Gasteiger partial charge in [0.05, 0.1) is 17.9 Å². The van der Waals surface area contributed by atoms with E-state index in [0.29, 0.717) is 23.4 Å². The molecule has 0 spiro atoms. The minimum Gasteiger partial charge on any atom is -0.360 e. The summed E-state index contributed by atoms with van der Waals surface area (Å²) < 4.78 is 5.87. The van der Waals surface area contributed by atoms with Gasteiger partial charge in [0.15, 0.2) is 5.76 Å². The first-order valence-corrected chi connectivity index (χ1v) is 8.22. The average Bonchev–Trinajstić information content (AvgIpc) is 2.95. The van der Waals surface area contributed by atoms with Gasteiger partial charge in [0.25, 0.3) is 0 Å². The van der Waals surface area contributed by atoms with E-state index < -0.39 is 0 Å². The Morgan fingerprint density at radius 3 is 2.83 bits per heavy atom. The highest BCUT2D eigenvalue weighted by molar-refractivity contribution is 9.10. The molecule has 1 aliphatic heterocycles. The molecular formula is C15H18BrN5O2. The Morgan fingerprint density at radius 1 is 1.39 bits per heavy atom. The number of anilines is 1. The van der Waals surface area contributed by atoms with Crippen LogP contribution in [-0.4, -0.2) is 52.2 Å². The molecule has 0 bridgehead atoms. The summed E-state index contributed by atoms with van der Waals surface area (Å²) in [6, 6.07) is 5.45. The summed E-state index contributed by atoms with van der Waals surface area (Å²) in [5, 5.41) is 6.77. The molecule has 1 aliphatic rings. The van der Waals surface area contributed by atoms with Gasteiger partial charge in [0, 0.05) is 38.4 Å². The molecule has 3 rings (SSSR count). The molecule has 2 aromatic rings. The van der Waals surface area contributed by atoms with Gasteiger partial charge in [-0.05, 0) is 35.0 Å². The number of carbonyl (C=O) groups is 1. The molecule has 1 saturated heterocycles. The average molecular weight is 380 g/mol. The van der Waals surface area contributed by atoms with E-state index in [1.165, 1.54) is 0 Å². The van der Waals surface area contributed by atoms with Gasteiger partial charge in [0.1, 0.15) is 4.60 Å². The number of hydrogen-bond acceptors (Lipinski definition) is 5. The Balaban J connectivity index is 1.50. The predicted molar refractivity (Wildman–Crippen MR) is 89.0 cm³/mol. The zero-order valence-corrected chi connectivity index (χ0v) is 14.4. The Bertz CT molecular complexity index is 682. The Morgan fingerprint density at radius 2 is 2.17 bits per heavy atom. The fourth-order valence-electron chi connectivity index (χ4n) is 2.49.